The molecule has 1 aromatic carbocycles. The van der Waals surface area contributed by atoms with Crippen LogP contribution in [0.5, 0.6) is 0 Å². The van der Waals surface area contributed by atoms with E-state index < -0.39 is 14.8 Å². The number of halogens is 4. The summed E-state index contributed by atoms with van der Waals surface area (Å²) in [7, 11) is -2.65. The van der Waals surface area contributed by atoms with E-state index in [0.717, 1.165) is 25.7 Å². The Balaban J connectivity index is 2.74. The summed E-state index contributed by atoms with van der Waals surface area (Å²) < 4.78 is 0. The third kappa shape index (κ3) is 6.37. The molecule has 0 spiro atoms. The van der Waals surface area contributed by atoms with Crippen molar-refractivity contribution in [1.29, 1.82) is 0 Å². The fourth-order valence-corrected chi connectivity index (χ4v) is 3.89. The van der Waals surface area contributed by atoms with Crippen LogP contribution in [-0.4, -0.2) is 14.8 Å². The highest BCUT2D eigenvalue weighted by atomic mass is 35.7. The number of rotatable bonds is 8. The Morgan fingerprint density at radius 2 is 1.05 bits per heavy atom. The van der Waals surface area contributed by atoms with Gasteiger partial charge in [0.05, 0.1) is 0 Å². The van der Waals surface area contributed by atoms with Crippen LogP contribution < -0.4 is 0 Å². The second-order valence-electron chi connectivity index (χ2n) is 7.06. The van der Waals surface area contributed by atoms with Crippen molar-refractivity contribution >= 4 is 59.1 Å². The lowest BCUT2D eigenvalue weighted by Crippen LogP contribution is -2.19. The average Bonchev–Trinajstić information content (AvgIpc) is 2.43. The maximum atomic E-state index is 6.17. The van der Waals surface area contributed by atoms with E-state index >= 15 is 0 Å². The van der Waals surface area contributed by atoms with E-state index in [-0.39, 0.29) is 10.1 Å². The van der Waals surface area contributed by atoms with Crippen LogP contribution >= 0.6 is 44.3 Å². The van der Waals surface area contributed by atoms with Crippen molar-refractivity contribution in [2.75, 3.05) is 0 Å². The van der Waals surface area contributed by atoms with Crippen LogP contribution in [0.1, 0.15) is 51.7 Å². The van der Waals surface area contributed by atoms with Crippen LogP contribution in [0.2, 0.25) is 10.1 Å². The molecule has 0 aromatic heterocycles. The topological polar surface area (TPSA) is 0 Å². The van der Waals surface area contributed by atoms with E-state index in [1.54, 1.807) is 0 Å². The summed E-state index contributed by atoms with van der Waals surface area (Å²) in [5, 5.41) is 0.0329. The van der Waals surface area contributed by atoms with Gasteiger partial charge in [0.25, 0.3) is 14.8 Å². The first kappa shape index (κ1) is 20.9. The summed E-state index contributed by atoms with van der Waals surface area (Å²) in [6.07, 6.45) is 4.04. The highest BCUT2D eigenvalue weighted by Crippen LogP contribution is 2.40. The first-order valence-electron chi connectivity index (χ1n) is 7.50. The van der Waals surface area contributed by atoms with Gasteiger partial charge in [0.15, 0.2) is 0 Å². The van der Waals surface area contributed by atoms with E-state index in [4.69, 9.17) is 44.3 Å². The lowest BCUT2D eigenvalue weighted by atomic mass is 9.93. The van der Waals surface area contributed by atoms with Gasteiger partial charge in [0.1, 0.15) is 0 Å². The monoisotopic (exact) mass is 412 g/mol. The quantitative estimate of drug-likeness (QED) is 0.316. The van der Waals surface area contributed by atoms with E-state index in [2.05, 4.69) is 52.0 Å². The normalized spacial score (nSPS) is 13.2. The van der Waals surface area contributed by atoms with Gasteiger partial charge in [0, 0.05) is 0 Å². The number of hydrogen-bond donors (Lipinski definition) is 0. The molecular formula is C16H24Cl4Si2. The van der Waals surface area contributed by atoms with E-state index in [1.165, 1.54) is 11.1 Å². The maximum absolute atomic E-state index is 6.17. The summed E-state index contributed by atoms with van der Waals surface area (Å²) in [5.74, 6) is 0. The molecule has 6 heteroatoms. The van der Waals surface area contributed by atoms with Crippen LogP contribution in [0.3, 0.4) is 0 Å². The minimum absolute atomic E-state index is 0.0165. The van der Waals surface area contributed by atoms with Gasteiger partial charge in [-0.3, -0.25) is 0 Å². The predicted molar refractivity (Wildman–Crippen MR) is 106 cm³/mol. The highest BCUT2D eigenvalue weighted by molar-refractivity contribution is 7.35. The third-order valence-electron chi connectivity index (χ3n) is 4.18. The van der Waals surface area contributed by atoms with Gasteiger partial charge in [-0.15, -0.1) is 44.3 Å². The molecule has 124 valence electrons. The molecule has 1 aromatic rings. The van der Waals surface area contributed by atoms with Crippen LogP contribution in [-0.2, 0) is 12.8 Å². The standard InChI is InChI=1S/C16H24Cl4Si2/c1-15(2,21(17)18)11-9-13-7-5-6-8-14(13)10-12-16(3,4)22(19)20/h5-8H,9-12H2,1-4H3. The van der Waals surface area contributed by atoms with Crippen molar-refractivity contribution in [2.24, 2.45) is 0 Å². The Labute approximate surface area is 157 Å². The van der Waals surface area contributed by atoms with Gasteiger partial charge in [-0.2, -0.15) is 0 Å². The van der Waals surface area contributed by atoms with Crippen LogP contribution in [0.4, 0.5) is 0 Å². The fourth-order valence-electron chi connectivity index (χ4n) is 2.13. The molecule has 0 aliphatic rings. The second kappa shape index (κ2) is 8.78. The van der Waals surface area contributed by atoms with Crippen molar-refractivity contribution in [3.05, 3.63) is 35.4 Å². The lowest BCUT2D eigenvalue weighted by Gasteiger charge is -2.26. The molecule has 0 saturated heterocycles. The smallest absolute Gasteiger partial charge is 0.146 e. The molecule has 0 atom stereocenters. The minimum Gasteiger partial charge on any atom is -0.146 e. The van der Waals surface area contributed by atoms with Gasteiger partial charge < -0.3 is 0 Å². The van der Waals surface area contributed by atoms with E-state index in [0.29, 0.717) is 0 Å². The first-order valence-corrected chi connectivity index (χ1v) is 14.5. The molecule has 0 bridgehead atoms. The zero-order chi connectivity index (χ0) is 17.0. The Morgan fingerprint density at radius 3 is 1.32 bits per heavy atom. The Bertz CT molecular complexity index is 430. The van der Waals surface area contributed by atoms with Crippen molar-refractivity contribution in [3.8, 4) is 0 Å². The predicted octanol–water partition coefficient (Wildman–Crippen LogP) is 7.04. The molecular weight excluding hydrogens is 390 g/mol. The molecule has 22 heavy (non-hydrogen) atoms. The minimum atomic E-state index is -1.33. The van der Waals surface area contributed by atoms with Gasteiger partial charge in [-0.25, -0.2) is 0 Å². The molecule has 2 radical (unpaired) electrons. The van der Waals surface area contributed by atoms with Gasteiger partial charge in [0.2, 0.25) is 0 Å². The highest BCUT2D eigenvalue weighted by Gasteiger charge is 2.30. The Kier molecular flexibility index (Phi) is 8.32. The maximum Gasteiger partial charge on any atom is 0.279 e. The van der Waals surface area contributed by atoms with Gasteiger partial charge in [-0.05, 0) is 46.9 Å². The molecule has 0 heterocycles. The number of hydrogen-bond acceptors (Lipinski definition) is 0. The van der Waals surface area contributed by atoms with Crippen LogP contribution in [0.25, 0.3) is 0 Å². The Hall–Kier alpha value is 0.814. The first-order chi connectivity index (χ1) is 10.1. The van der Waals surface area contributed by atoms with E-state index in [9.17, 15) is 0 Å². The molecule has 0 amide bonds. The van der Waals surface area contributed by atoms with Crippen molar-refractivity contribution in [1.82, 2.24) is 0 Å². The molecule has 0 N–H and O–H groups in total. The Morgan fingerprint density at radius 1 is 0.727 bits per heavy atom. The lowest BCUT2D eigenvalue weighted by molar-refractivity contribution is 0.590. The number of aryl methyl sites for hydroxylation is 2. The fraction of sp³-hybridized carbons (Fsp3) is 0.625. The molecule has 0 saturated carbocycles. The summed E-state index contributed by atoms with van der Waals surface area (Å²) in [5.41, 5.74) is 2.78. The van der Waals surface area contributed by atoms with Crippen molar-refractivity contribution < 1.29 is 0 Å². The molecule has 1 rings (SSSR count). The summed E-state index contributed by atoms with van der Waals surface area (Å²) in [6.45, 7) is 8.62. The van der Waals surface area contributed by atoms with Crippen LogP contribution in [0.15, 0.2) is 24.3 Å². The van der Waals surface area contributed by atoms with Crippen molar-refractivity contribution in [2.45, 2.75) is 63.5 Å². The summed E-state index contributed by atoms with van der Waals surface area (Å²) >= 11 is 24.7. The van der Waals surface area contributed by atoms with Gasteiger partial charge >= 0.3 is 0 Å². The third-order valence-corrected chi connectivity index (χ3v) is 12.9. The average molecular weight is 414 g/mol. The van der Waals surface area contributed by atoms with E-state index in [1.807, 2.05) is 0 Å². The molecule has 0 aliphatic carbocycles. The summed E-state index contributed by atoms with van der Waals surface area (Å²) in [6, 6.07) is 8.62. The molecule has 0 unspecified atom stereocenters. The summed E-state index contributed by atoms with van der Waals surface area (Å²) in [4.78, 5) is 0. The van der Waals surface area contributed by atoms with Crippen molar-refractivity contribution in [3.63, 3.8) is 0 Å². The number of benzene rings is 1. The largest absolute Gasteiger partial charge is 0.279 e. The molecule has 0 nitrogen and oxygen atoms in total. The van der Waals surface area contributed by atoms with Gasteiger partial charge in [-0.1, -0.05) is 52.0 Å². The molecule has 0 fully saturated rings. The zero-order valence-electron chi connectivity index (χ0n) is 13.6. The van der Waals surface area contributed by atoms with Crippen LogP contribution in [0, 0.1) is 0 Å². The second-order valence-corrected chi connectivity index (χ2v) is 16.5. The SMILES string of the molecule is CC(C)(CCc1ccccc1CCC(C)(C)[Si](Cl)Cl)[Si](Cl)Cl. The molecule has 0 aliphatic heterocycles. The zero-order valence-corrected chi connectivity index (χ0v) is 18.7.